The number of hydrogen-bond donors (Lipinski definition) is 2. The molecule has 2 N–H and O–H groups in total. The molecule has 7 nitrogen and oxygen atoms in total. The summed E-state index contributed by atoms with van der Waals surface area (Å²) in [7, 11) is 1.55. The smallest absolute Gasteiger partial charge is 0.233 e. The van der Waals surface area contributed by atoms with Crippen LogP contribution >= 0.6 is 0 Å². The van der Waals surface area contributed by atoms with Gasteiger partial charge in [-0.15, -0.1) is 0 Å². The maximum absolute atomic E-state index is 13.1. The van der Waals surface area contributed by atoms with Crippen LogP contribution in [0.3, 0.4) is 0 Å². The first kappa shape index (κ1) is 19.4. The molecule has 0 radical (unpaired) electrons. The number of nitrogens with zero attached hydrogens (tertiary/aromatic N) is 1. The van der Waals surface area contributed by atoms with Crippen molar-refractivity contribution in [3.8, 4) is 5.75 Å². The van der Waals surface area contributed by atoms with E-state index in [2.05, 4.69) is 0 Å². The Hall–Kier alpha value is -1.96. The summed E-state index contributed by atoms with van der Waals surface area (Å²) in [5.41, 5.74) is 0.748. The predicted molar refractivity (Wildman–Crippen MR) is 99.0 cm³/mol. The van der Waals surface area contributed by atoms with Gasteiger partial charge in [-0.3, -0.25) is 14.5 Å². The molecule has 7 heteroatoms. The average Bonchev–Trinajstić information content (AvgIpc) is 3.13. The number of benzene rings is 1. The molecular weight excluding hydrogens is 362 g/mol. The minimum atomic E-state index is -1.54. The summed E-state index contributed by atoms with van der Waals surface area (Å²) in [5.74, 6) is -3.64. The van der Waals surface area contributed by atoms with E-state index < -0.39 is 35.6 Å². The van der Waals surface area contributed by atoms with E-state index in [1.54, 1.807) is 25.3 Å². The first-order valence-electron chi connectivity index (χ1n) is 9.94. The first-order chi connectivity index (χ1) is 13.4. The molecule has 0 unspecified atom stereocenters. The Balaban J connectivity index is 1.70. The molecule has 2 heterocycles. The number of imide groups is 1. The number of phenols is 1. The van der Waals surface area contributed by atoms with Gasteiger partial charge < -0.3 is 19.7 Å². The monoisotopic (exact) mass is 389 g/mol. The largest absolute Gasteiger partial charge is 0.508 e. The predicted octanol–water partition coefficient (Wildman–Crippen LogP) is 1.84. The van der Waals surface area contributed by atoms with Crippen LogP contribution in [0.15, 0.2) is 24.3 Å². The van der Waals surface area contributed by atoms with E-state index in [1.807, 2.05) is 13.0 Å². The van der Waals surface area contributed by atoms with Crippen LogP contribution in [0.1, 0.15) is 37.9 Å². The van der Waals surface area contributed by atoms with Crippen molar-refractivity contribution in [3.63, 3.8) is 0 Å². The van der Waals surface area contributed by atoms with Gasteiger partial charge in [0.1, 0.15) is 5.75 Å². The van der Waals surface area contributed by atoms with Crippen LogP contribution in [0.4, 0.5) is 0 Å². The second-order valence-corrected chi connectivity index (χ2v) is 8.14. The highest BCUT2D eigenvalue weighted by Crippen LogP contribution is 2.58. The standard InChI is InChI=1S/C21H27NO6/c1-3-7-22-19(24)15-9-13(11-27-2)21(26)16(18(15)20(22)25)10-17(28-21)12-5-4-6-14(23)8-12/h4-6,8,13,15-18,23,26H,3,7,9-11H2,1-2H3/t13-,15+,16+,17+,18+,21-/m1/s1. The number of carbonyl (C=O) groups excluding carboxylic acids is 2. The minimum Gasteiger partial charge on any atom is -0.508 e. The van der Waals surface area contributed by atoms with Gasteiger partial charge in [0.15, 0.2) is 5.79 Å². The van der Waals surface area contributed by atoms with Crippen LogP contribution in [0.5, 0.6) is 5.75 Å². The van der Waals surface area contributed by atoms with E-state index in [4.69, 9.17) is 9.47 Å². The first-order valence-corrected chi connectivity index (χ1v) is 9.94. The van der Waals surface area contributed by atoms with Crippen molar-refractivity contribution >= 4 is 11.8 Å². The Morgan fingerprint density at radius 3 is 2.75 bits per heavy atom. The van der Waals surface area contributed by atoms with E-state index in [9.17, 15) is 19.8 Å². The minimum absolute atomic E-state index is 0.121. The number of rotatable bonds is 5. The lowest BCUT2D eigenvalue weighted by Crippen LogP contribution is -2.54. The molecule has 3 aliphatic rings. The fourth-order valence-corrected chi connectivity index (χ4v) is 5.32. The number of methoxy groups -OCH3 is 1. The molecular formula is C21H27NO6. The molecule has 1 aliphatic carbocycles. The fraction of sp³-hybridized carbons (Fsp3) is 0.619. The van der Waals surface area contributed by atoms with Gasteiger partial charge in [-0.1, -0.05) is 19.1 Å². The molecule has 0 spiro atoms. The molecule has 2 amide bonds. The zero-order valence-corrected chi connectivity index (χ0v) is 16.2. The summed E-state index contributed by atoms with van der Waals surface area (Å²) in [6, 6.07) is 6.74. The van der Waals surface area contributed by atoms with E-state index in [0.717, 1.165) is 5.56 Å². The summed E-state index contributed by atoms with van der Waals surface area (Å²) >= 11 is 0. The van der Waals surface area contributed by atoms with Gasteiger partial charge in [-0.2, -0.15) is 0 Å². The van der Waals surface area contributed by atoms with Crippen molar-refractivity contribution in [2.24, 2.45) is 23.7 Å². The molecule has 152 valence electrons. The van der Waals surface area contributed by atoms with Gasteiger partial charge in [-0.25, -0.2) is 0 Å². The summed E-state index contributed by atoms with van der Waals surface area (Å²) in [5, 5.41) is 21.3. The summed E-state index contributed by atoms with van der Waals surface area (Å²) in [4.78, 5) is 27.3. The van der Waals surface area contributed by atoms with E-state index >= 15 is 0 Å². The highest BCUT2D eigenvalue weighted by Gasteiger charge is 2.66. The summed E-state index contributed by atoms with van der Waals surface area (Å²) in [6.45, 7) is 2.59. The van der Waals surface area contributed by atoms with Crippen LogP contribution in [0.25, 0.3) is 0 Å². The molecule has 6 atom stereocenters. The second-order valence-electron chi connectivity index (χ2n) is 8.14. The van der Waals surface area contributed by atoms with Crippen LogP contribution in [-0.4, -0.2) is 53.0 Å². The van der Waals surface area contributed by atoms with Crippen molar-refractivity contribution in [2.75, 3.05) is 20.3 Å². The zero-order chi connectivity index (χ0) is 20.1. The molecule has 1 aromatic carbocycles. The number of fused-ring (bicyclic) bond motifs is 3. The summed E-state index contributed by atoms with van der Waals surface area (Å²) < 4.78 is 11.4. The number of phenolic OH excluding ortho intramolecular Hbond substituents is 1. The van der Waals surface area contributed by atoms with Crippen LogP contribution < -0.4 is 0 Å². The number of aromatic hydroxyl groups is 1. The maximum atomic E-state index is 13.1. The highest BCUT2D eigenvalue weighted by molar-refractivity contribution is 6.05. The van der Waals surface area contributed by atoms with Crippen LogP contribution in [-0.2, 0) is 19.1 Å². The van der Waals surface area contributed by atoms with Gasteiger partial charge in [0, 0.05) is 25.5 Å². The van der Waals surface area contributed by atoms with Gasteiger partial charge in [0.25, 0.3) is 0 Å². The van der Waals surface area contributed by atoms with Crippen LogP contribution in [0, 0.1) is 23.7 Å². The number of amides is 2. The van der Waals surface area contributed by atoms with Crippen LogP contribution in [0.2, 0.25) is 0 Å². The molecule has 28 heavy (non-hydrogen) atoms. The lowest BCUT2D eigenvalue weighted by atomic mass is 9.64. The topological polar surface area (TPSA) is 96.3 Å². The van der Waals surface area contributed by atoms with Gasteiger partial charge in [0.2, 0.25) is 11.8 Å². The normalized spacial score (nSPS) is 37.2. The van der Waals surface area contributed by atoms with Crippen molar-refractivity contribution in [1.82, 2.24) is 4.90 Å². The van der Waals surface area contributed by atoms with E-state index in [0.29, 0.717) is 25.8 Å². The number of hydrogen-bond acceptors (Lipinski definition) is 6. The van der Waals surface area contributed by atoms with E-state index in [-0.39, 0.29) is 24.2 Å². The number of ether oxygens (including phenoxy) is 2. The van der Waals surface area contributed by atoms with Crippen molar-refractivity contribution < 1.29 is 29.3 Å². The third-order valence-corrected chi connectivity index (χ3v) is 6.51. The van der Waals surface area contributed by atoms with Gasteiger partial charge >= 0.3 is 0 Å². The molecule has 1 saturated carbocycles. The molecule has 2 aliphatic heterocycles. The van der Waals surface area contributed by atoms with Crippen molar-refractivity contribution in [3.05, 3.63) is 29.8 Å². The number of carbonyl (C=O) groups is 2. The third-order valence-electron chi connectivity index (χ3n) is 6.51. The molecule has 1 aromatic rings. The van der Waals surface area contributed by atoms with Gasteiger partial charge in [0.05, 0.1) is 24.5 Å². The lowest BCUT2D eigenvalue weighted by Gasteiger charge is -2.44. The summed E-state index contributed by atoms with van der Waals surface area (Å²) in [6.07, 6.45) is 1.03. The van der Waals surface area contributed by atoms with Gasteiger partial charge in [-0.05, 0) is 37.0 Å². The molecule has 0 aromatic heterocycles. The highest BCUT2D eigenvalue weighted by atomic mass is 16.6. The lowest BCUT2D eigenvalue weighted by molar-refractivity contribution is -0.275. The third kappa shape index (κ3) is 2.84. The Morgan fingerprint density at radius 1 is 1.29 bits per heavy atom. The zero-order valence-electron chi connectivity index (χ0n) is 16.2. The number of aliphatic hydroxyl groups is 1. The molecule has 2 saturated heterocycles. The number of likely N-dealkylation sites (tertiary alicyclic amines) is 1. The molecule has 0 bridgehead atoms. The Kier molecular flexibility index (Phi) is 4.93. The fourth-order valence-electron chi connectivity index (χ4n) is 5.32. The Bertz CT molecular complexity index is 782. The SMILES string of the molecule is CCCN1C(=O)[C@H]2[C@H](C[C@H](COC)[C@@]3(O)O[C@H](c4cccc(O)c4)C[C@@H]23)C1=O. The quantitative estimate of drug-likeness (QED) is 0.746. The molecule has 3 fully saturated rings. The second kappa shape index (κ2) is 7.13. The maximum Gasteiger partial charge on any atom is 0.233 e. The Labute approximate surface area is 164 Å². The van der Waals surface area contributed by atoms with Crippen molar-refractivity contribution in [1.29, 1.82) is 0 Å². The van der Waals surface area contributed by atoms with E-state index in [1.165, 1.54) is 4.90 Å². The molecule has 4 rings (SSSR count). The Morgan fingerprint density at radius 2 is 2.07 bits per heavy atom. The average molecular weight is 389 g/mol. The van der Waals surface area contributed by atoms with Crippen molar-refractivity contribution in [2.45, 2.75) is 38.1 Å².